The first-order valence-electron chi connectivity index (χ1n) is 34.6. The van der Waals surface area contributed by atoms with Crippen molar-refractivity contribution in [2.75, 3.05) is 13.2 Å². The maximum absolute atomic E-state index is 12.4. The van der Waals surface area contributed by atoms with E-state index in [4.69, 9.17) is 4.74 Å². The third-order valence-electron chi connectivity index (χ3n) is 16.2. The molecule has 6 heteroatoms. The van der Waals surface area contributed by atoms with Crippen molar-refractivity contribution in [1.29, 1.82) is 0 Å². The van der Waals surface area contributed by atoms with E-state index in [0.717, 1.165) is 44.9 Å². The summed E-state index contributed by atoms with van der Waals surface area (Å²) < 4.78 is 5.51. The van der Waals surface area contributed by atoms with Gasteiger partial charge in [-0.3, -0.25) is 9.59 Å². The first kappa shape index (κ1) is 74.3. The lowest BCUT2D eigenvalue weighted by Crippen LogP contribution is -2.45. The molecule has 0 aromatic carbocycles. The fraction of sp³-hybridized carbons (Fsp3) is 0.914. The smallest absolute Gasteiger partial charge is 0.305 e. The Bertz CT molecular complexity index is 1190. The van der Waals surface area contributed by atoms with Crippen LogP contribution in [0.15, 0.2) is 24.3 Å². The van der Waals surface area contributed by atoms with Crippen LogP contribution in [0.2, 0.25) is 0 Å². The van der Waals surface area contributed by atoms with Gasteiger partial charge in [-0.15, -0.1) is 0 Å². The average molecular weight is 1070 g/mol. The Balaban J connectivity index is 3.30. The molecule has 1 amide bonds. The van der Waals surface area contributed by atoms with E-state index in [1.165, 1.54) is 315 Å². The molecule has 0 rings (SSSR count). The van der Waals surface area contributed by atoms with Gasteiger partial charge in [-0.1, -0.05) is 340 Å². The van der Waals surface area contributed by atoms with Gasteiger partial charge in [-0.2, -0.15) is 0 Å². The minimum Gasteiger partial charge on any atom is -0.466 e. The minimum atomic E-state index is -0.839. The van der Waals surface area contributed by atoms with Crippen LogP contribution < -0.4 is 5.32 Å². The van der Waals surface area contributed by atoms with Gasteiger partial charge in [0.05, 0.1) is 25.4 Å². The van der Waals surface area contributed by atoms with Gasteiger partial charge in [-0.05, 0) is 57.8 Å². The van der Waals surface area contributed by atoms with Gasteiger partial charge in [0.15, 0.2) is 0 Å². The predicted octanol–water partition coefficient (Wildman–Crippen LogP) is 22.1. The zero-order chi connectivity index (χ0) is 55.0. The van der Waals surface area contributed by atoms with Crippen molar-refractivity contribution in [3.8, 4) is 0 Å². The molecule has 2 atom stereocenters. The molecule has 0 aliphatic carbocycles. The van der Waals surface area contributed by atoms with E-state index in [-0.39, 0.29) is 18.5 Å². The Morgan fingerprint density at radius 2 is 0.618 bits per heavy atom. The molecule has 0 aliphatic heterocycles. The number of rotatable bonds is 65. The highest BCUT2D eigenvalue weighted by Crippen LogP contribution is 2.19. The van der Waals surface area contributed by atoms with Gasteiger partial charge in [-0.25, -0.2) is 0 Å². The predicted molar refractivity (Wildman–Crippen MR) is 333 cm³/mol. The van der Waals surface area contributed by atoms with Crippen molar-refractivity contribution in [2.24, 2.45) is 0 Å². The number of hydrogen-bond acceptors (Lipinski definition) is 5. The first-order valence-corrected chi connectivity index (χ1v) is 34.6. The summed E-state index contributed by atoms with van der Waals surface area (Å²) in [6.07, 6.45) is 82.7. The maximum atomic E-state index is 12.4. The molecule has 0 aliphatic rings. The van der Waals surface area contributed by atoms with E-state index in [1.807, 2.05) is 6.08 Å². The van der Waals surface area contributed by atoms with Crippen LogP contribution in [0.5, 0.6) is 0 Å². The Morgan fingerprint density at radius 1 is 0.355 bits per heavy atom. The number of amides is 1. The third-order valence-corrected chi connectivity index (χ3v) is 16.2. The van der Waals surface area contributed by atoms with Crippen LogP contribution in [0.25, 0.3) is 0 Å². The number of aliphatic hydroxyl groups excluding tert-OH is 2. The number of esters is 1. The minimum absolute atomic E-state index is 0.0179. The van der Waals surface area contributed by atoms with E-state index in [2.05, 4.69) is 31.3 Å². The van der Waals surface area contributed by atoms with E-state index in [0.29, 0.717) is 19.4 Å². The highest BCUT2D eigenvalue weighted by atomic mass is 16.5. The van der Waals surface area contributed by atoms with E-state index >= 15 is 0 Å². The van der Waals surface area contributed by atoms with Crippen molar-refractivity contribution in [3.05, 3.63) is 24.3 Å². The monoisotopic (exact) mass is 1070 g/mol. The number of ether oxygens (including phenoxy) is 1. The van der Waals surface area contributed by atoms with Crippen LogP contribution in [0.4, 0.5) is 0 Å². The molecule has 0 saturated heterocycles. The highest BCUT2D eigenvalue weighted by molar-refractivity contribution is 5.76. The van der Waals surface area contributed by atoms with Crippen molar-refractivity contribution in [2.45, 2.75) is 398 Å². The topological polar surface area (TPSA) is 95.9 Å². The molecule has 0 spiro atoms. The summed E-state index contributed by atoms with van der Waals surface area (Å²) in [4.78, 5) is 24.5. The molecule has 0 saturated carbocycles. The molecule has 3 N–H and O–H groups in total. The Morgan fingerprint density at radius 3 is 0.934 bits per heavy atom. The summed E-state index contributed by atoms with van der Waals surface area (Å²) in [6.45, 7) is 4.91. The van der Waals surface area contributed by atoms with Crippen LogP contribution in [-0.2, 0) is 14.3 Å². The van der Waals surface area contributed by atoms with Crippen molar-refractivity contribution in [1.82, 2.24) is 5.32 Å². The summed E-state index contributed by atoms with van der Waals surface area (Å²) in [7, 11) is 0. The van der Waals surface area contributed by atoms with E-state index in [9.17, 15) is 19.8 Å². The molecular weight excluding hydrogens is 935 g/mol. The Hall–Kier alpha value is -1.66. The fourth-order valence-corrected chi connectivity index (χ4v) is 10.9. The molecule has 76 heavy (non-hydrogen) atoms. The molecule has 0 heterocycles. The molecule has 0 bridgehead atoms. The highest BCUT2D eigenvalue weighted by Gasteiger charge is 2.18. The number of carbonyl (C=O) groups excluding carboxylic acids is 2. The maximum Gasteiger partial charge on any atom is 0.305 e. The normalized spacial score (nSPS) is 12.6. The lowest BCUT2D eigenvalue weighted by molar-refractivity contribution is -0.143. The van der Waals surface area contributed by atoms with Gasteiger partial charge in [0, 0.05) is 12.8 Å². The Kier molecular flexibility index (Phi) is 64.4. The van der Waals surface area contributed by atoms with E-state index < -0.39 is 12.1 Å². The molecule has 0 radical (unpaired) electrons. The van der Waals surface area contributed by atoms with Gasteiger partial charge in [0.2, 0.25) is 5.91 Å². The molecular formula is C70H135NO5. The second kappa shape index (κ2) is 65.9. The van der Waals surface area contributed by atoms with E-state index in [1.54, 1.807) is 6.08 Å². The van der Waals surface area contributed by atoms with Crippen molar-refractivity contribution >= 4 is 11.9 Å². The fourth-order valence-electron chi connectivity index (χ4n) is 10.9. The summed E-state index contributed by atoms with van der Waals surface area (Å²) in [6, 6.07) is -0.622. The number of hydrogen-bond donors (Lipinski definition) is 3. The second-order valence-electron chi connectivity index (χ2n) is 23.9. The number of allylic oxidation sites excluding steroid dienone is 3. The standard InChI is InChI=1S/C70H135NO5/c1-3-5-7-9-11-13-15-16-17-18-35-38-41-44-48-52-56-60-64-70(75)76-65-61-57-53-49-45-42-39-36-33-31-29-27-25-23-21-19-20-22-24-26-28-30-32-34-37-40-43-47-51-55-59-63-69(74)71-67(66-72)68(73)62-58-54-50-46-14-12-10-8-6-4-2/h17-18,58,62,67-68,72-73H,3-16,19-57,59-61,63-66H2,1-2H3,(H,71,74)/b18-17-,62-58+. The second-order valence-corrected chi connectivity index (χ2v) is 23.9. The summed E-state index contributed by atoms with van der Waals surface area (Å²) in [5, 5.41) is 23.0. The van der Waals surface area contributed by atoms with Crippen molar-refractivity contribution in [3.63, 3.8) is 0 Å². The summed E-state index contributed by atoms with van der Waals surface area (Å²) in [5.74, 6) is -0.0462. The number of unbranched alkanes of at least 4 members (excludes halogenated alkanes) is 52. The molecule has 0 aromatic rings. The average Bonchev–Trinajstić information content (AvgIpc) is 3.42. The molecule has 2 unspecified atom stereocenters. The van der Waals surface area contributed by atoms with Crippen LogP contribution in [0.3, 0.4) is 0 Å². The van der Waals surface area contributed by atoms with Gasteiger partial charge < -0.3 is 20.3 Å². The van der Waals surface area contributed by atoms with Crippen molar-refractivity contribution < 1.29 is 24.5 Å². The lowest BCUT2D eigenvalue weighted by Gasteiger charge is -2.20. The van der Waals surface area contributed by atoms with Gasteiger partial charge in [0.1, 0.15) is 0 Å². The summed E-state index contributed by atoms with van der Waals surface area (Å²) in [5.41, 5.74) is 0. The Labute approximate surface area is 475 Å². The molecule has 450 valence electrons. The first-order chi connectivity index (χ1) is 37.5. The molecule has 0 fully saturated rings. The van der Waals surface area contributed by atoms with Crippen LogP contribution in [0.1, 0.15) is 386 Å². The largest absolute Gasteiger partial charge is 0.466 e. The number of aliphatic hydroxyl groups is 2. The summed E-state index contributed by atoms with van der Waals surface area (Å²) >= 11 is 0. The van der Waals surface area contributed by atoms with Crippen LogP contribution >= 0.6 is 0 Å². The SMILES string of the molecule is CCCCCCCCC/C=C\CCCCCCCCCC(=O)OCCCCCCCCCCCCCCCCCCCCCCCCCCCCCCCCCC(=O)NC(CO)C(O)/C=C/CCCCCCCCCC. The molecule has 0 aromatic heterocycles. The number of carbonyl (C=O) groups is 2. The number of nitrogens with one attached hydrogen (secondary N) is 1. The van der Waals surface area contributed by atoms with Crippen LogP contribution in [0, 0.1) is 0 Å². The zero-order valence-corrected chi connectivity index (χ0v) is 51.5. The molecule has 6 nitrogen and oxygen atoms in total. The van der Waals surface area contributed by atoms with Gasteiger partial charge >= 0.3 is 5.97 Å². The van der Waals surface area contributed by atoms with Crippen LogP contribution in [-0.4, -0.2) is 47.4 Å². The third kappa shape index (κ3) is 61.6. The quantitative estimate of drug-likeness (QED) is 0.0320. The van der Waals surface area contributed by atoms with Gasteiger partial charge in [0.25, 0.3) is 0 Å². The zero-order valence-electron chi connectivity index (χ0n) is 51.5. The lowest BCUT2D eigenvalue weighted by atomic mass is 10.0.